The molecule has 2 amide bonds. The van der Waals surface area contributed by atoms with Gasteiger partial charge in [0.25, 0.3) is 5.91 Å². The van der Waals surface area contributed by atoms with Gasteiger partial charge in [-0.1, -0.05) is 30.0 Å². The van der Waals surface area contributed by atoms with Crippen molar-refractivity contribution in [2.24, 2.45) is 0 Å². The van der Waals surface area contributed by atoms with E-state index >= 15 is 0 Å². The van der Waals surface area contributed by atoms with Gasteiger partial charge in [0.05, 0.1) is 34.2 Å². The van der Waals surface area contributed by atoms with Crippen molar-refractivity contribution in [3.05, 3.63) is 72.3 Å². The Morgan fingerprint density at radius 3 is 2.16 bits per heavy atom. The Hall–Kier alpha value is -4.71. The molecule has 0 saturated carbocycles. The first-order valence-corrected chi connectivity index (χ1v) is 15.0. The molecule has 1 aliphatic rings. The topological polar surface area (TPSA) is 108 Å². The van der Waals surface area contributed by atoms with Crippen molar-refractivity contribution in [3.8, 4) is 40.1 Å². The summed E-state index contributed by atoms with van der Waals surface area (Å²) in [6, 6.07) is 20.2. The Morgan fingerprint density at radius 2 is 1.52 bits per heavy atom. The molecule has 1 unspecified atom stereocenters. The molecular formula is C32H35N5O6S. The molecule has 3 aromatic carbocycles. The number of amides is 2. The van der Waals surface area contributed by atoms with Gasteiger partial charge in [0.15, 0.2) is 11.0 Å². The van der Waals surface area contributed by atoms with Gasteiger partial charge in [-0.05, 0) is 55.5 Å². The zero-order chi connectivity index (χ0) is 31.2. The molecule has 0 spiro atoms. The summed E-state index contributed by atoms with van der Waals surface area (Å²) >= 11 is 1.32. The Bertz CT molecular complexity index is 1600. The summed E-state index contributed by atoms with van der Waals surface area (Å²) in [6.45, 7) is 3.14. The maximum Gasteiger partial charge on any atom is 0.261 e. The Kier molecular flexibility index (Phi) is 9.59. The van der Waals surface area contributed by atoms with Crippen LogP contribution < -0.4 is 18.9 Å². The maximum atomic E-state index is 13.6. The molecule has 4 aromatic rings. The normalized spacial score (nSPS) is 14.7. The van der Waals surface area contributed by atoms with E-state index in [0.717, 1.165) is 17.0 Å². The average molecular weight is 618 g/mol. The van der Waals surface area contributed by atoms with Gasteiger partial charge in [-0.15, -0.1) is 10.2 Å². The van der Waals surface area contributed by atoms with E-state index in [9.17, 15) is 9.59 Å². The molecule has 0 radical (unpaired) electrons. The first-order valence-electron chi connectivity index (χ1n) is 14.0. The molecule has 1 aliphatic heterocycles. The largest absolute Gasteiger partial charge is 0.497 e. The second-order valence-corrected chi connectivity index (χ2v) is 11.0. The monoisotopic (exact) mass is 617 g/mol. The van der Waals surface area contributed by atoms with Crippen molar-refractivity contribution in [3.63, 3.8) is 0 Å². The van der Waals surface area contributed by atoms with E-state index in [1.54, 1.807) is 42.2 Å². The zero-order valence-corrected chi connectivity index (χ0v) is 26.2. The fraction of sp³-hybridized carbons (Fsp3) is 0.312. The molecule has 0 aliphatic carbocycles. The van der Waals surface area contributed by atoms with Crippen LogP contribution in [0.2, 0.25) is 0 Å². The van der Waals surface area contributed by atoms with Gasteiger partial charge in [-0.3, -0.25) is 14.2 Å². The van der Waals surface area contributed by atoms with E-state index in [1.807, 2.05) is 60.0 Å². The van der Waals surface area contributed by atoms with E-state index in [-0.39, 0.29) is 23.6 Å². The second kappa shape index (κ2) is 13.7. The van der Waals surface area contributed by atoms with Crippen LogP contribution >= 0.6 is 11.8 Å². The summed E-state index contributed by atoms with van der Waals surface area (Å²) in [5.74, 6) is 2.88. The van der Waals surface area contributed by atoms with Crippen molar-refractivity contribution in [1.82, 2.24) is 24.6 Å². The zero-order valence-electron chi connectivity index (χ0n) is 25.4. The molecule has 44 heavy (non-hydrogen) atoms. The van der Waals surface area contributed by atoms with Crippen LogP contribution in [-0.4, -0.2) is 96.2 Å². The number of carbonyl (C=O) groups is 2. The summed E-state index contributed by atoms with van der Waals surface area (Å²) in [4.78, 5) is 30.5. The number of nitrogens with zero attached hydrogens (tertiary/aromatic N) is 5. The summed E-state index contributed by atoms with van der Waals surface area (Å²) < 4.78 is 23.6. The van der Waals surface area contributed by atoms with Crippen LogP contribution in [0.5, 0.6) is 23.0 Å². The number of methoxy groups -OCH3 is 4. The second-order valence-electron chi connectivity index (χ2n) is 10.1. The lowest BCUT2D eigenvalue weighted by atomic mass is 10.1. The minimum absolute atomic E-state index is 0.0453. The fourth-order valence-electron chi connectivity index (χ4n) is 5.19. The first-order chi connectivity index (χ1) is 21.4. The molecule has 0 bridgehead atoms. The highest BCUT2D eigenvalue weighted by molar-refractivity contribution is 7.99. The smallest absolute Gasteiger partial charge is 0.261 e. The van der Waals surface area contributed by atoms with Crippen molar-refractivity contribution in [1.29, 1.82) is 0 Å². The predicted molar refractivity (Wildman–Crippen MR) is 167 cm³/mol. The van der Waals surface area contributed by atoms with Crippen molar-refractivity contribution in [2.75, 3.05) is 53.8 Å². The highest BCUT2D eigenvalue weighted by Gasteiger charge is 2.33. The van der Waals surface area contributed by atoms with Gasteiger partial charge in [-0.25, -0.2) is 0 Å². The molecule has 12 heteroatoms. The van der Waals surface area contributed by atoms with Crippen molar-refractivity contribution < 1.29 is 28.5 Å². The number of aromatic nitrogens is 3. The van der Waals surface area contributed by atoms with E-state index in [4.69, 9.17) is 18.9 Å². The minimum Gasteiger partial charge on any atom is -0.497 e. The molecule has 1 atom stereocenters. The average Bonchev–Trinajstić information content (AvgIpc) is 3.50. The number of piperazine rings is 1. The summed E-state index contributed by atoms with van der Waals surface area (Å²) in [6.07, 6.45) is 0. The number of hydrogen-bond acceptors (Lipinski definition) is 9. The van der Waals surface area contributed by atoms with Gasteiger partial charge >= 0.3 is 0 Å². The SMILES string of the molecule is COc1ccc(-n2c(SCC(=O)N3CCN(C(=O)c4c(OC)cccc4OC)C(C)C3)nnc2-c2cccc(OC)c2)cc1. The van der Waals surface area contributed by atoms with Gasteiger partial charge in [0, 0.05) is 36.9 Å². The molecule has 1 fully saturated rings. The van der Waals surface area contributed by atoms with Crippen LogP contribution in [0.15, 0.2) is 71.9 Å². The quantitative estimate of drug-likeness (QED) is 0.239. The number of hydrogen-bond donors (Lipinski definition) is 0. The molecule has 230 valence electrons. The fourth-order valence-corrected chi connectivity index (χ4v) is 6.04. The molecule has 5 rings (SSSR count). The summed E-state index contributed by atoms with van der Waals surface area (Å²) in [5.41, 5.74) is 2.03. The molecular weight excluding hydrogens is 582 g/mol. The number of rotatable bonds is 10. The van der Waals surface area contributed by atoms with E-state index in [0.29, 0.717) is 53.4 Å². The molecule has 11 nitrogen and oxygen atoms in total. The number of benzene rings is 3. The van der Waals surface area contributed by atoms with Crippen molar-refractivity contribution >= 4 is 23.6 Å². The van der Waals surface area contributed by atoms with Crippen molar-refractivity contribution in [2.45, 2.75) is 18.1 Å². The van der Waals surface area contributed by atoms with Gasteiger partial charge in [0.2, 0.25) is 5.91 Å². The predicted octanol–water partition coefficient (Wildman–Crippen LogP) is 4.43. The van der Waals surface area contributed by atoms with Crippen LogP contribution in [0.4, 0.5) is 0 Å². The Balaban J connectivity index is 1.31. The number of ether oxygens (including phenoxy) is 4. The van der Waals surface area contributed by atoms with Crippen LogP contribution in [0.3, 0.4) is 0 Å². The van der Waals surface area contributed by atoms with Crippen LogP contribution in [-0.2, 0) is 4.79 Å². The molecule has 0 N–H and O–H groups in total. The van der Waals surface area contributed by atoms with E-state index in [2.05, 4.69) is 10.2 Å². The first kappa shape index (κ1) is 30.7. The van der Waals surface area contributed by atoms with Crippen LogP contribution in [0.25, 0.3) is 17.1 Å². The summed E-state index contributed by atoms with van der Waals surface area (Å²) in [5, 5.41) is 9.52. The Labute approximate surface area is 260 Å². The summed E-state index contributed by atoms with van der Waals surface area (Å²) in [7, 11) is 6.29. The molecule has 1 aromatic heterocycles. The molecule has 1 saturated heterocycles. The van der Waals surface area contributed by atoms with E-state index in [1.165, 1.54) is 26.0 Å². The Morgan fingerprint density at radius 1 is 0.841 bits per heavy atom. The third kappa shape index (κ3) is 6.30. The van der Waals surface area contributed by atoms with Gasteiger partial charge in [0.1, 0.15) is 28.6 Å². The van der Waals surface area contributed by atoms with Crippen LogP contribution in [0, 0.1) is 0 Å². The lowest BCUT2D eigenvalue weighted by Crippen LogP contribution is -2.55. The van der Waals surface area contributed by atoms with Gasteiger partial charge < -0.3 is 28.7 Å². The highest BCUT2D eigenvalue weighted by atomic mass is 32.2. The van der Waals surface area contributed by atoms with Gasteiger partial charge in [-0.2, -0.15) is 0 Å². The highest BCUT2D eigenvalue weighted by Crippen LogP contribution is 2.32. The third-order valence-corrected chi connectivity index (χ3v) is 8.41. The van der Waals surface area contributed by atoms with E-state index < -0.39 is 0 Å². The minimum atomic E-state index is -0.206. The lowest BCUT2D eigenvalue weighted by Gasteiger charge is -2.40. The number of carbonyl (C=O) groups excluding carboxylic acids is 2. The third-order valence-electron chi connectivity index (χ3n) is 7.50. The number of thioether (sulfide) groups is 1. The standard InChI is InChI=1S/C32H35N5O6S/c1-21-19-35(16-17-36(21)31(39)29-26(42-4)10-7-11-27(29)43-5)28(38)20-44-32-34-33-30(22-8-6-9-25(18-22)41-3)37(32)23-12-14-24(40-2)15-13-23/h6-15,18,21H,16-17,19-20H2,1-5H3. The maximum absolute atomic E-state index is 13.6. The van der Waals surface area contributed by atoms with Crippen LogP contribution in [0.1, 0.15) is 17.3 Å². The molecule has 2 heterocycles. The lowest BCUT2D eigenvalue weighted by molar-refractivity contribution is -0.130.